The number of fused-ring (bicyclic) bond motifs is 3. The second-order valence-corrected chi connectivity index (χ2v) is 24.4. The highest BCUT2D eigenvalue weighted by atomic mass is 28.3. The first-order chi connectivity index (χ1) is 25.2. The molecule has 2 saturated heterocycles. The molecule has 6 fully saturated rings. The molecule has 0 aromatic heterocycles. The first-order valence-electron chi connectivity index (χ1n) is 22.0. The van der Waals surface area contributed by atoms with Crippen LogP contribution in [-0.2, 0) is 23.8 Å². The van der Waals surface area contributed by atoms with E-state index >= 15 is 4.79 Å². The van der Waals surface area contributed by atoms with Crippen LogP contribution in [0.25, 0.3) is 0 Å². The minimum atomic E-state index is -1.98. The number of carbonyl (C=O) groups excluding carboxylic acids is 2. The summed E-state index contributed by atoms with van der Waals surface area (Å²) in [6.45, 7) is 8.47. The van der Waals surface area contributed by atoms with Gasteiger partial charge in [0, 0.05) is 44.7 Å². The van der Waals surface area contributed by atoms with Crippen LogP contribution in [-0.4, -0.2) is 91.1 Å². The lowest BCUT2D eigenvalue weighted by atomic mass is 9.69. The molecule has 3 heterocycles. The third kappa shape index (κ3) is 6.35. The minimum Gasteiger partial charge on any atom is -0.492 e. The fourth-order valence-corrected chi connectivity index (χ4v) is 18.8. The van der Waals surface area contributed by atoms with Gasteiger partial charge in [0.25, 0.3) is 5.91 Å². The van der Waals surface area contributed by atoms with Crippen molar-refractivity contribution in [3.05, 3.63) is 11.5 Å². The van der Waals surface area contributed by atoms with Gasteiger partial charge in [-0.1, -0.05) is 58.5 Å². The zero-order valence-corrected chi connectivity index (χ0v) is 34.0. The molecule has 52 heavy (non-hydrogen) atoms. The second kappa shape index (κ2) is 15.3. The van der Waals surface area contributed by atoms with E-state index in [1.165, 1.54) is 50.6 Å². The summed E-state index contributed by atoms with van der Waals surface area (Å²) in [5, 5.41) is 10.5. The Morgan fingerprint density at radius 1 is 0.885 bits per heavy atom. The molecule has 292 valence electrons. The van der Waals surface area contributed by atoms with Crippen LogP contribution in [0.15, 0.2) is 11.5 Å². The van der Waals surface area contributed by atoms with Gasteiger partial charge in [-0.15, -0.1) is 0 Å². The number of hydrogen-bond acceptors (Lipinski definition) is 6. The third-order valence-corrected chi connectivity index (χ3v) is 21.7. The summed E-state index contributed by atoms with van der Waals surface area (Å²) < 4.78 is 20.1. The molecule has 8 rings (SSSR count). The Balaban J connectivity index is 1.15. The molecule has 0 aromatic carbocycles. The van der Waals surface area contributed by atoms with Crippen LogP contribution in [0.5, 0.6) is 0 Å². The largest absolute Gasteiger partial charge is 0.492 e. The molecular weight excluding hydrogens is 669 g/mol. The topological polar surface area (TPSA) is 88.5 Å². The number of amides is 2. The predicted octanol–water partition coefficient (Wildman–Crippen LogP) is 8.34. The first-order valence-corrected chi connectivity index (χ1v) is 25.2. The monoisotopic (exact) mass is 739 g/mol. The standard InChI is InChI=1S/C43H70N2O6Si/c1-28-40(52(3,4)32-21-19-31(49-2)20-22-32)39(24-25-46)51-43(28)34-26-30(18-23-35(34)44(42(43)48)27-29-12-6-5-7-13-29)45-36-15-9-11-17-38(36)50-37-16-10-8-14-33(37)41(45)47/h28-35,37,39-40,46H,5-27H2,1-4H3/t28-,30?,31?,32?,33?,34?,35?,37?,39+,40-,43+/m1/s1. The van der Waals surface area contributed by atoms with E-state index < -0.39 is 13.7 Å². The highest BCUT2D eigenvalue weighted by Gasteiger charge is 2.71. The molecular formula is C43H70N2O6Si. The van der Waals surface area contributed by atoms with Crippen molar-refractivity contribution in [2.24, 2.45) is 23.7 Å². The fraction of sp³-hybridized carbons (Fsp3) is 0.907. The lowest BCUT2D eigenvalue weighted by molar-refractivity contribution is -0.157. The van der Waals surface area contributed by atoms with Gasteiger partial charge in [0.2, 0.25) is 5.91 Å². The fourth-order valence-electron chi connectivity index (χ4n) is 13.8. The number of ether oxygens (including phenoxy) is 3. The third-order valence-electron chi connectivity index (χ3n) is 16.4. The normalized spacial score (nSPS) is 41.9. The van der Waals surface area contributed by atoms with Crippen molar-refractivity contribution >= 4 is 19.9 Å². The van der Waals surface area contributed by atoms with Crippen LogP contribution in [0.3, 0.4) is 0 Å². The summed E-state index contributed by atoms with van der Waals surface area (Å²) in [6.07, 6.45) is 22.7. The van der Waals surface area contributed by atoms with Gasteiger partial charge < -0.3 is 29.1 Å². The van der Waals surface area contributed by atoms with E-state index in [0.29, 0.717) is 35.4 Å². The van der Waals surface area contributed by atoms with Gasteiger partial charge in [0.1, 0.15) is 11.9 Å². The Kier molecular flexibility index (Phi) is 11.0. The molecule has 0 bridgehead atoms. The van der Waals surface area contributed by atoms with Crippen molar-refractivity contribution in [2.75, 3.05) is 20.3 Å². The van der Waals surface area contributed by atoms with Crippen LogP contribution < -0.4 is 0 Å². The van der Waals surface area contributed by atoms with E-state index in [1.807, 2.05) is 7.11 Å². The first kappa shape index (κ1) is 37.5. The quantitative estimate of drug-likeness (QED) is 0.252. The number of likely N-dealkylation sites (tertiary alicyclic amines) is 1. The van der Waals surface area contributed by atoms with Crippen LogP contribution in [0.2, 0.25) is 24.2 Å². The van der Waals surface area contributed by atoms with Crippen molar-refractivity contribution < 1.29 is 28.9 Å². The summed E-state index contributed by atoms with van der Waals surface area (Å²) in [6, 6.07) is 0.227. The summed E-state index contributed by atoms with van der Waals surface area (Å²) in [4.78, 5) is 34.9. The molecule has 0 aromatic rings. The molecule has 9 atom stereocenters. The maximum atomic E-state index is 15.5. The molecule has 3 aliphatic heterocycles. The average Bonchev–Trinajstić information content (AvgIpc) is 3.53. The van der Waals surface area contributed by atoms with Crippen molar-refractivity contribution in [1.82, 2.24) is 9.80 Å². The smallest absolute Gasteiger partial charge is 0.255 e. The number of aliphatic hydroxyl groups excluding tert-OH is 1. The van der Waals surface area contributed by atoms with E-state index in [0.717, 1.165) is 95.8 Å². The Morgan fingerprint density at radius 3 is 2.37 bits per heavy atom. The van der Waals surface area contributed by atoms with E-state index in [2.05, 4.69) is 29.8 Å². The van der Waals surface area contributed by atoms with Crippen LogP contribution in [0, 0.1) is 23.7 Å². The number of aliphatic hydroxyl groups is 1. The van der Waals surface area contributed by atoms with E-state index in [4.69, 9.17) is 14.2 Å². The number of carbonyl (C=O) groups is 2. The average molecular weight is 739 g/mol. The molecule has 2 amide bonds. The zero-order chi connectivity index (χ0) is 36.2. The predicted molar refractivity (Wildman–Crippen MR) is 205 cm³/mol. The maximum Gasteiger partial charge on any atom is 0.255 e. The number of allylic oxidation sites excluding steroid dienone is 2. The van der Waals surface area contributed by atoms with Gasteiger partial charge in [-0.25, -0.2) is 0 Å². The van der Waals surface area contributed by atoms with Crippen molar-refractivity contribution in [2.45, 2.75) is 202 Å². The molecule has 1 N–H and O–H groups in total. The Bertz CT molecular complexity index is 1340. The van der Waals surface area contributed by atoms with Gasteiger partial charge in [-0.3, -0.25) is 9.59 Å². The number of hydrogen-bond donors (Lipinski definition) is 1. The van der Waals surface area contributed by atoms with Crippen LogP contribution >= 0.6 is 0 Å². The summed E-state index contributed by atoms with van der Waals surface area (Å²) >= 11 is 0. The molecule has 1 spiro atoms. The molecule has 5 aliphatic carbocycles. The van der Waals surface area contributed by atoms with Crippen LogP contribution in [0.1, 0.15) is 142 Å². The highest BCUT2D eigenvalue weighted by molar-refractivity contribution is 6.80. The lowest BCUT2D eigenvalue weighted by Crippen LogP contribution is -2.54. The Labute approximate surface area is 315 Å². The number of methoxy groups -OCH3 is 1. The van der Waals surface area contributed by atoms with E-state index in [-0.39, 0.29) is 54.6 Å². The van der Waals surface area contributed by atoms with Crippen molar-refractivity contribution in [1.29, 1.82) is 0 Å². The number of nitrogens with zero attached hydrogens (tertiary/aromatic N) is 2. The van der Waals surface area contributed by atoms with Gasteiger partial charge in [-0.05, 0) is 113 Å². The molecule has 8 nitrogen and oxygen atoms in total. The summed E-state index contributed by atoms with van der Waals surface area (Å²) in [7, 11) is -0.127. The van der Waals surface area contributed by atoms with Gasteiger partial charge >= 0.3 is 0 Å². The van der Waals surface area contributed by atoms with Gasteiger partial charge in [-0.2, -0.15) is 0 Å². The molecule has 5 unspecified atom stereocenters. The summed E-state index contributed by atoms with van der Waals surface area (Å²) in [5.74, 6) is 2.27. The molecule has 9 heteroatoms. The summed E-state index contributed by atoms with van der Waals surface area (Å²) in [5.41, 5.74) is 1.24. The highest BCUT2D eigenvalue weighted by Crippen LogP contribution is 2.63. The minimum absolute atomic E-state index is 0.0143. The Hall–Kier alpha value is -1.42. The maximum absolute atomic E-state index is 15.5. The number of rotatable bonds is 8. The molecule has 8 aliphatic rings. The second-order valence-electron chi connectivity index (χ2n) is 19.2. The lowest BCUT2D eigenvalue weighted by Gasteiger charge is -2.46. The SMILES string of the molecule is COC1CCC([Si](C)(C)[C@H]2[C@H](CCO)O[C@@]3(C(=O)N(CC4CCCCC4)C4CCC(N5C(=O)C6CCCCC6OC6=C5CCCC6)CC43)[C@@H]2C)CC1. The Morgan fingerprint density at radius 2 is 1.62 bits per heavy atom. The molecule has 4 saturated carbocycles. The molecule has 0 radical (unpaired) electrons. The van der Waals surface area contributed by atoms with E-state index in [1.54, 1.807) is 0 Å². The van der Waals surface area contributed by atoms with Gasteiger partial charge in [0.05, 0.1) is 31.9 Å². The van der Waals surface area contributed by atoms with Crippen molar-refractivity contribution in [3.8, 4) is 0 Å². The van der Waals surface area contributed by atoms with Crippen LogP contribution in [0.4, 0.5) is 0 Å². The van der Waals surface area contributed by atoms with Gasteiger partial charge in [0.15, 0.2) is 5.60 Å². The van der Waals surface area contributed by atoms with Crippen molar-refractivity contribution in [3.63, 3.8) is 0 Å². The van der Waals surface area contributed by atoms with E-state index in [9.17, 15) is 9.90 Å². The zero-order valence-electron chi connectivity index (χ0n) is 33.0.